The molecular formula is C30H20F5N5O3. The molecule has 3 aromatic carbocycles. The molecule has 2 N–H and O–H groups in total. The Morgan fingerprint density at radius 1 is 0.860 bits per heavy atom. The number of fused-ring (bicyclic) bond motifs is 1. The summed E-state index contributed by atoms with van der Waals surface area (Å²) in [5.74, 6) is -4.27. The van der Waals surface area contributed by atoms with Crippen molar-refractivity contribution < 1.29 is 36.3 Å². The van der Waals surface area contributed by atoms with Crippen molar-refractivity contribution in [1.82, 2.24) is 14.8 Å². The highest BCUT2D eigenvalue weighted by Gasteiger charge is 2.56. The topological polar surface area (TPSA) is 98.1 Å². The number of hydrogen-bond acceptors (Lipinski definition) is 5. The number of ether oxygens (including phenoxy) is 1. The average molecular weight is 594 g/mol. The van der Waals surface area contributed by atoms with Crippen molar-refractivity contribution in [3.63, 3.8) is 0 Å². The highest BCUT2D eigenvalue weighted by molar-refractivity contribution is 6.17. The third kappa shape index (κ3) is 5.48. The highest BCUT2D eigenvalue weighted by atomic mass is 19.3. The van der Waals surface area contributed by atoms with Crippen molar-refractivity contribution in [3.8, 4) is 22.6 Å². The number of rotatable bonds is 8. The number of benzene rings is 3. The van der Waals surface area contributed by atoms with Crippen molar-refractivity contribution in [2.75, 3.05) is 10.6 Å². The zero-order valence-corrected chi connectivity index (χ0v) is 22.0. The van der Waals surface area contributed by atoms with E-state index in [0.29, 0.717) is 26.7 Å². The van der Waals surface area contributed by atoms with Gasteiger partial charge in [-0.3, -0.25) is 14.6 Å². The number of carbonyl (C=O) groups is 2. The van der Waals surface area contributed by atoms with Crippen molar-refractivity contribution in [3.05, 3.63) is 96.7 Å². The molecule has 5 aromatic rings. The minimum absolute atomic E-state index is 0.143. The second kappa shape index (κ2) is 10.8. The van der Waals surface area contributed by atoms with E-state index in [4.69, 9.17) is 4.74 Å². The van der Waals surface area contributed by atoms with Crippen LogP contribution in [0.3, 0.4) is 0 Å². The number of carbonyl (C=O) groups excluding carboxylic acids is 2. The quantitative estimate of drug-likeness (QED) is 0.148. The van der Waals surface area contributed by atoms with Crippen LogP contribution in [0.4, 0.5) is 33.3 Å². The number of hydrogen-bond donors (Lipinski definition) is 2. The molecule has 13 heteroatoms. The van der Waals surface area contributed by atoms with E-state index >= 15 is 8.78 Å². The Kier molecular flexibility index (Phi) is 7.00. The summed E-state index contributed by atoms with van der Waals surface area (Å²) in [7, 11) is 0. The standard InChI is InChI=1S/C30H20F5N5O3/c31-18-2-4-19(5-3-18)38-27(41)30(8-9-30)28(42)39-24-12-22(33)26(13-21(24)32)43-25-7-10-36-23-11-16(1-6-20(23)25)17-14-37-40(15-17)29(34)35/h1-7,10-15,29H,8-9H2,(H,38,41)(H,39,42). The Morgan fingerprint density at radius 3 is 2.30 bits per heavy atom. The van der Waals surface area contributed by atoms with E-state index in [-0.39, 0.29) is 24.3 Å². The third-order valence-electron chi connectivity index (χ3n) is 7.05. The van der Waals surface area contributed by atoms with Crippen LogP contribution in [-0.4, -0.2) is 26.6 Å². The Bertz CT molecular complexity index is 1870. The number of aromatic nitrogens is 3. The number of nitrogens with zero attached hydrogens (tertiary/aromatic N) is 3. The lowest BCUT2D eigenvalue weighted by Crippen LogP contribution is -2.35. The van der Waals surface area contributed by atoms with E-state index in [2.05, 4.69) is 20.7 Å². The Balaban J connectivity index is 1.19. The lowest BCUT2D eigenvalue weighted by Gasteiger charge is -2.17. The molecule has 2 aromatic heterocycles. The third-order valence-corrected chi connectivity index (χ3v) is 7.05. The maximum absolute atomic E-state index is 15.1. The summed E-state index contributed by atoms with van der Waals surface area (Å²) >= 11 is 0. The molecule has 1 aliphatic rings. The van der Waals surface area contributed by atoms with E-state index in [9.17, 15) is 22.8 Å². The summed E-state index contributed by atoms with van der Waals surface area (Å²) in [6.07, 6.45) is 4.26. The molecule has 6 rings (SSSR count). The molecule has 0 bridgehead atoms. The van der Waals surface area contributed by atoms with Crippen LogP contribution in [0.2, 0.25) is 0 Å². The van der Waals surface area contributed by atoms with Gasteiger partial charge in [0.2, 0.25) is 11.8 Å². The van der Waals surface area contributed by atoms with Crippen LogP contribution >= 0.6 is 0 Å². The monoisotopic (exact) mass is 593 g/mol. The van der Waals surface area contributed by atoms with Crippen LogP contribution in [0.5, 0.6) is 11.5 Å². The molecule has 2 heterocycles. The van der Waals surface area contributed by atoms with Crippen molar-refractivity contribution in [1.29, 1.82) is 0 Å². The summed E-state index contributed by atoms with van der Waals surface area (Å²) < 4.78 is 75.2. The number of anilines is 2. The maximum atomic E-state index is 15.1. The van der Waals surface area contributed by atoms with Crippen LogP contribution in [0.15, 0.2) is 79.3 Å². The number of halogens is 5. The fraction of sp³-hybridized carbons (Fsp3) is 0.133. The van der Waals surface area contributed by atoms with Gasteiger partial charge in [-0.05, 0) is 60.9 Å². The average Bonchev–Trinajstić information content (AvgIpc) is 3.66. The smallest absolute Gasteiger partial charge is 0.333 e. The maximum Gasteiger partial charge on any atom is 0.333 e. The number of nitrogens with one attached hydrogen (secondary N) is 2. The molecule has 0 atom stereocenters. The van der Waals surface area contributed by atoms with Gasteiger partial charge in [0.15, 0.2) is 17.4 Å². The lowest BCUT2D eigenvalue weighted by molar-refractivity contribution is -0.131. The molecule has 1 aliphatic carbocycles. The Labute approximate surface area is 240 Å². The first-order valence-corrected chi connectivity index (χ1v) is 12.9. The normalized spacial score (nSPS) is 13.6. The molecule has 0 spiro atoms. The summed E-state index contributed by atoms with van der Waals surface area (Å²) in [5, 5.41) is 8.88. The van der Waals surface area contributed by atoms with E-state index in [1.807, 2.05) is 0 Å². The largest absolute Gasteiger partial charge is 0.453 e. The molecule has 0 aliphatic heterocycles. The molecule has 0 radical (unpaired) electrons. The molecule has 218 valence electrons. The zero-order chi connectivity index (χ0) is 30.3. The summed E-state index contributed by atoms with van der Waals surface area (Å²) in [5.41, 5.74) is -0.281. The van der Waals surface area contributed by atoms with Crippen molar-refractivity contribution in [2.24, 2.45) is 5.41 Å². The Morgan fingerprint density at radius 2 is 1.60 bits per heavy atom. The van der Waals surface area contributed by atoms with E-state index in [0.717, 1.165) is 24.3 Å². The van der Waals surface area contributed by atoms with Crippen LogP contribution in [0.25, 0.3) is 22.0 Å². The summed E-state index contributed by atoms with van der Waals surface area (Å²) in [4.78, 5) is 29.9. The molecule has 0 unspecified atom stereocenters. The molecular weight excluding hydrogens is 573 g/mol. The van der Waals surface area contributed by atoms with Gasteiger partial charge in [0, 0.05) is 41.2 Å². The molecule has 43 heavy (non-hydrogen) atoms. The predicted octanol–water partition coefficient (Wildman–Crippen LogP) is 7.06. The number of amides is 2. The van der Waals surface area contributed by atoms with Gasteiger partial charge in [-0.25, -0.2) is 17.9 Å². The van der Waals surface area contributed by atoms with Crippen LogP contribution in [0.1, 0.15) is 19.4 Å². The zero-order valence-electron chi connectivity index (χ0n) is 22.0. The SMILES string of the molecule is O=C(Nc1ccc(F)cc1)C1(C(=O)Nc2cc(F)c(Oc3ccnc4cc(-c5cnn(C(F)F)c5)ccc34)cc2F)CC1. The first-order chi connectivity index (χ1) is 20.6. The van der Waals surface area contributed by atoms with Gasteiger partial charge in [0.05, 0.1) is 17.4 Å². The number of alkyl halides is 2. The van der Waals surface area contributed by atoms with Crippen LogP contribution in [-0.2, 0) is 9.59 Å². The van der Waals surface area contributed by atoms with Crippen LogP contribution in [0, 0.1) is 22.9 Å². The fourth-order valence-electron chi connectivity index (χ4n) is 4.51. The molecule has 2 amide bonds. The first kappa shape index (κ1) is 27.8. The minimum atomic E-state index is -2.79. The second-order valence-corrected chi connectivity index (χ2v) is 9.89. The van der Waals surface area contributed by atoms with Crippen molar-refractivity contribution in [2.45, 2.75) is 19.4 Å². The van der Waals surface area contributed by atoms with Gasteiger partial charge in [0.1, 0.15) is 17.0 Å². The van der Waals surface area contributed by atoms with Gasteiger partial charge in [-0.15, -0.1) is 0 Å². The molecule has 1 saturated carbocycles. The van der Waals surface area contributed by atoms with E-state index < -0.39 is 52.7 Å². The van der Waals surface area contributed by atoms with Gasteiger partial charge in [0.25, 0.3) is 0 Å². The van der Waals surface area contributed by atoms with Gasteiger partial charge < -0.3 is 15.4 Å². The molecule has 1 fully saturated rings. The van der Waals surface area contributed by atoms with E-state index in [1.165, 1.54) is 36.8 Å². The van der Waals surface area contributed by atoms with Gasteiger partial charge in [-0.1, -0.05) is 6.07 Å². The Hall–Kier alpha value is -5.33. The lowest BCUT2D eigenvalue weighted by atomic mass is 10.0. The van der Waals surface area contributed by atoms with Crippen molar-refractivity contribution >= 4 is 34.1 Å². The second-order valence-electron chi connectivity index (χ2n) is 9.89. The molecule has 0 saturated heterocycles. The number of pyridine rings is 1. The first-order valence-electron chi connectivity index (χ1n) is 12.9. The summed E-state index contributed by atoms with van der Waals surface area (Å²) in [6.45, 7) is -2.79. The van der Waals surface area contributed by atoms with Crippen LogP contribution < -0.4 is 15.4 Å². The fourth-order valence-corrected chi connectivity index (χ4v) is 4.51. The summed E-state index contributed by atoms with van der Waals surface area (Å²) in [6, 6.07) is 12.8. The highest BCUT2D eigenvalue weighted by Crippen LogP contribution is 2.48. The van der Waals surface area contributed by atoms with Gasteiger partial charge >= 0.3 is 6.55 Å². The van der Waals surface area contributed by atoms with E-state index in [1.54, 1.807) is 18.2 Å². The minimum Gasteiger partial charge on any atom is -0.453 e. The molecule has 8 nitrogen and oxygen atoms in total. The van der Waals surface area contributed by atoms with Gasteiger partial charge in [-0.2, -0.15) is 13.9 Å². The predicted molar refractivity (Wildman–Crippen MR) is 146 cm³/mol.